The van der Waals surface area contributed by atoms with Crippen molar-refractivity contribution >= 4 is 23.2 Å². The number of hydrogen-bond acceptors (Lipinski definition) is 3. The average molecular weight is 300 g/mol. The van der Waals surface area contributed by atoms with Crippen LogP contribution in [0.3, 0.4) is 0 Å². The summed E-state index contributed by atoms with van der Waals surface area (Å²) in [5.41, 5.74) is 6.47. The molecule has 4 nitrogen and oxygen atoms in total. The van der Waals surface area contributed by atoms with E-state index in [4.69, 9.17) is 17.3 Å². The molecule has 1 saturated heterocycles. The number of amides is 1. The number of anilines is 1. The van der Waals surface area contributed by atoms with Crippen molar-refractivity contribution in [3.8, 4) is 0 Å². The molecule has 2 atom stereocenters. The molecule has 0 bridgehead atoms. The molecule has 110 valence electrons. The highest BCUT2D eigenvalue weighted by Crippen LogP contribution is 2.25. The Hall–Kier alpha value is -1.33. The van der Waals surface area contributed by atoms with Gasteiger partial charge in [0.1, 0.15) is 5.82 Å². The molecule has 0 saturated carbocycles. The van der Waals surface area contributed by atoms with Crippen LogP contribution >= 0.6 is 11.6 Å². The predicted octanol–water partition coefficient (Wildman–Crippen LogP) is 1.91. The molecule has 1 aliphatic rings. The number of rotatable bonds is 4. The van der Waals surface area contributed by atoms with Gasteiger partial charge in [-0.25, -0.2) is 4.39 Å². The first-order valence-electron chi connectivity index (χ1n) is 6.70. The number of nitrogens with two attached hydrogens (primary N) is 1. The van der Waals surface area contributed by atoms with Gasteiger partial charge in [-0.1, -0.05) is 11.6 Å². The average Bonchev–Trinajstić information content (AvgIpc) is 2.80. The largest absolute Gasteiger partial charge is 0.369 e. The van der Waals surface area contributed by atoms with E-state index in [0.717, 1.165) is 18.7 Å². The van der Waals surface area contributed by atoms with Gasteiger partial charge in [0.15, 0.2) is 0 Å². The summed E-state index contributed by atoms with van der Waals surface area (Å²) in [6, 6.07) is 4.64. The fourth-order valence-electron chi connectivity index (χ4n) is 2.37. The van der Waals surface area contributed by atoms with Crippen LogP contribution in [0.4, 0.5) is 10.1 Å². The van der Waals surface area contributed by atoms with Gasteiger partial charge in [-0.2, -0.15) is 0 Å². The van der Waals surface area contributed by atoms with Crippen molar-refractivity contribution in [3.63, 3.8) is 0 Å². The molecule has 6 heteroatoms. The Morgan fingerprint density at radius 3 is 3.05 bits per heavy atom. The van der Waals surface area contributed by atoms with E-state index in [2.05, 4.69) is 10.2 Å². The molecule has 0 aromatic heterocycles. The monoisotopic (exact) mass is 299 g/mol. The number of benzene rings is 1. The highest BCUT2D eigenvalue weighted by atomic mass is 35.5. The molecule has 1 aliphatic heterocycles. The Bertz CT molecular complexity index is 495. The summed E-state index contributed by atoms with van der Waals surface area (Å²) in [5, 5.41) is 3.09. The zero-order valence-corrected chi connectivity index (χ0v) is 12.2. The quantitative estimate of drug-likeness (QED) is 0.893. The minimum absolute atomic E-state index is 0.0241. The first-order valence-corrected chi connectivity index (χ1v) is 7.08. The lowest BCUT2D eigenvalue weighted by Crippen LogP contribution is -2.39. The number of nitrogens with zero attached hydrogens (tertiary/aromatic N) is 1. The van der Waals surface area contributed by atoms with Crippen molar-refractivity contribution < 1.29 is 9.18 Å². The Labute approximate surface area is 123 Å². The van der Waals surface area contributed by atoms with Crippen LogP contribution in [-0.4, -0.2) is 31.1 Å². The third-order valence-corrected chi connectivity index (χ3v) is 3.62. The maximum atomic E-state index is 13.1. The minimum Gasteiger partial charge on any atom is -0.369 e. The van der Waals surface area contributed by atoms with E-state index >= 15 is 0 Å². The Kier molecular flexibility index (Phi) is 4.83. The molecule has 0 aliphatic carbocycles. The van der Waals surface area contributed by atoms with Gasteiger partial charge in [0.2, 0.25) is 5.91 Å². The van der Waals surface area contributed by atoms with E-state index in [9.17, 15) is 9.18 Å². The molecular weight excluding hydrogens is 281 g/mol. The van der Waals surface area contributed by atoms with Crippen LogP contribution in [0, 0.1) is 5.82 Å². The van der Waals surface area contributed by atoms with Gasteiger partial charge < -0.3 is 16.0 Å². The third kappa shape index (κ3) is 3.84. The lowest BCUT2D eigenvalue weighted by molar-refractivity contribution is -0.121. The van der Waals surface area contributed by atoms with E-state index < -0.39 is 5.82 Å². The van der Waals surface area contributed by atoms with Crippen molar-refractivity contribution in [1.29, 1.82) is 0 Å². The maximum Gasteiger partial charge on any atom is 0.221 e. The van der Waals surface area contributed by atoms with Gasteiger partial charge in [0.25, 0.3) is 0 Å². The van der Waals surface area contributed by atoms with Gasteiger partial charge in [0.05, 0.1) is 5.02 Å². The lowest BCUT2D eigenvalue weighted by atomic mass is 10.2. The lowest BCUT2D eigenvalue weighted by Gasteiger charge is -2.19. The summed E-state index contributed by atoms with van der Waals surface area (Å²) in [6.45, 7) is 3.32. The number of hydrogen-bond donors (Lipinski definition) is 2. The molecule has 2 unspecified atom stereocenters. The van der Waals surface area contributed by atoms with E-state index in [1.54, 1.807) is 19.1 Å². The fourth-order valence-corrected chi connectivity index (χ4v) is 2.55. The van der Waals surface area contributed by atoms with Crippen molar-refractivity contribution in [3.05, 3.63) is 29.0 Å². The molecule has 1 fully saturated rings. The van der Waals surface area contributed by atoms with Crippen LogP contribution in [0.15, 0.2) is 18.2 Å². The van der Waals surface area contributed by atoms with Crippen LogP contribution in [0.5, 0.6) is 0 Å². The van der Waals surface area contributed by atoms with Crippen molar-refractivity contribution in [2.24, 2.45) is 5.73 Å². The second-order valence-electron chi connectivity index (χ2n) is 5.28. The van der Waals surface area contributed by atoms with Gasteiger partial charge in [-0.05, 0) is 31.5 Å². The zero-order valence-electron chi connectivity index (χ0n) is 11.4. The van der Waals surface area contributed by atoms with Gasteiger partial charge in [0, 0.05) is 37.3 Å². The highest BCUT2D eigenvalue weighted by Gasteiger charge is 2.24. The second-order valence-corrected chi connectivity index (χ2v) is 5.69. The van der Waals surface area contributed by atoms with Gasteiger partial charge in [-0.15, -0.1) is 0 Å². The van der Waals surface area contributed by atoms with Crippen LogP contribution in [0.25, 0.3) is 0 Å². The number of carbonyl (C=O) groups excluding carboxylic acids is 1. The molecule has 0 spiro atoms. The van der Waals surface area contributed by atoms with Crippen LogP contribution in [-0.2, 0) is 4.79 Å². The first-order chi connectivity index (χ1) is 9.45. The van der Waals surface area contributed by atoms with Crippen molar-refractivity contribution in [2.75, 3.05) is 18.0 Å². The summed E-state index contributed by atoms with van der Waals surface area (Å²) in [6.07, 6.45) is 1.19. The summed E-state index contributed by atoms with van der Waals surface area (Å²) in [5.74, 6) is -0.444. The standard InChI is InChI=1S/C14H19ClFN3O/c1-9(17)6-14(20)18-10-4-5-19(8-10)11-2-3-13(16)12(15)7-11/h2-3,7,9-10H,4-6,8,17H2,1H3,(H,18,20). The molecule has 1 aromatic carbocycles. The maximum absolute atomic E-state index is 13.1. The van der Waals surface area contributed by atoms with Crippen LogP contribution in [0.1, 0.15) is 19.8 Å². The SMILES string of the molecule is CC(N)CC(=O)NC1CCN(c2ccc(F)c(Cl)c2)C1. The van der Waals surface area contributed by atoms with Crippen molar-refractivity contribution in [2.45, 2.75) is 31.8 Å². The zero-order chi connectivity index (χ0) is 14.7. The first kappa shape index (κ1) is 15.1. The molecule has 1 heterocycles. The molecule has 3 N–H and O–H groups in total. The Morgan fingerprint density at radius 2 is 2.40 bits per heavy atom. The van der Waals surface area contributed by atoms with Gasteiger partial charge >= 0.3 is 0 Å². The van der Waals surface area contributed by atoms with E-state index in [-0.39, 0.29) is 23.0 Å². The number of halogens is 2. The second kappa shape index (κ2) is 6.41. The molecule has 1 amide bonds. The molecule has 2 rings (SSSR count). The van der Waals surface area contributed by atoms with E-state index in [1.807, 2.05) is 0 Å². The summed E-state index contributed by atoms with van der Waals surface area (Å²) < 4.78 is 13.1. The number of carbonyl (C=O) groups is 1. The van der Waals surface area contributed by atoms with Gasteiger partial charge in [-0.3, -0.25) is 4.79 Å². The molecule has 0 radical (unpaired) electrons. The Balaban J connectivity index is 1.91. The highest BCUT2D eigenvalue weighted by molar-refractivity contribution is 6.31. The molecule has 1 aromatic rings. The molecule has 20 heavy (non-hydrogen) atoms. The topological polar surface area (TPSA) is 58.4 Å². The van der Waals surface area contributed by atoms with E-state index in [1.165, 1.54) is 6.07 Å². The van der Waals surface area contributed by atoms with Crippen molar-refractivity contribution in [1.82, 2.24) is 5.32 Å². The Morgan fingerprint density at radius 1 is 1.65 bits per heavy atom. The molecular formula is C14H19ClFN3O. The van der Waals surface area contributed by atoms with E-state index in [0.29, 0.717) is 13.0 Å². The smallest absolute Gasteiger partial charge is 0.221 e. The number of nitrogens with one attached hydrogen (secondary N) is 1. The van der Waals surface area contributed by atoms with Crippen LogP contribution < -0.4 is 16.0 Å². The minimum atomic E-state index is -0.420. The predicted molar refractivity (Wildman–Crippen MR) is 78.4 cm³/mol. The third-order valence-electron chi connectivity index (χ3n) is 3.33. The summed E-state index contributed by atoms with van der Waals surface area (Å²) in [7, 11) is 0. The fraction of sp³-hybridized carbons (Fsp3) is 0.500. The summed E-state index contributed by atoms with van der Waals surface area (Å²) >= 11 is 5.78. The normalized spacial score (nSPS) is 20.0. The summed E-state index contributed by atoms with van der Waals surface area (Å²) in [4.78, 5) is 13.8. The van der Waals surface area contributed by atoms with Crippen LogP contribution in [0.2, 0.25) is 5.02 Å².